The Morgan fingerprint density at radius 3 is 2.19 bits per heavy atom. The number of nitrogens with one attached hydrogen (secondary N) is 1. The fraction of sp³-hybridized carbons (Fsp3) is 0.375. The highest BCUT2D eigenvalue weighted by molar-refractivity contribution is 6.31. The van der Waals surface area contributed by atoms with Crippen molar-refractivity contribution >= 4 is 17.5 Å². The van der Waals surface area contributed by atoms with E-state index in [9.17, 15) is 4.79 Å². The molecule has 0 aliphatic rings. The van der Waals surface area contributed by atoms with Gasteiger partial charge in [-0.3, -0.25) is 4.79 Å². The molecule has 0 aliphatic carbocycles. The van der Waals surface area contributed by atoms with Crippen LogP contribution in [-0.4, -0.2) is 21.2 Å². The van der Waals surface area contributed by atoms with E-state index in [0.717, 1.165) is 17.1 Å². The number of amides is 1. The molecule has 0 fully saturated rings. The summed E-state index contributed by atoms with van der Waals surface area (Å²) in [5.41, 5.74) is 2.94. The lowest BCUT2D eigenvalue weighted by molar-refractivity contribution is 0.0919. The second-order valence-electron chi connectivity index (χ2n) is 6.15. The van der Waals surface area contributed by atoms with Crippen LogP contribution in [0.4, 0.5) is 0 Å². The van der Waals surface area contributed by atoms with Gasteiger partial charge in [-0.2, -0.15) is 5.10 Å². The largest absolute Gasteiger partial charge is 0.347 e. The quantitative estimate of drug-likeness (QED) is 0.920. The lowest BCUT2D eigenvalue weighted by Gasteiger charge is -2.20. The number of halogens is 1. The van der Waals surface area contributed by atoms with Gasteiger partial charge in [0.15, 0.2) is 0 Å². The standard InChI is InChI=1S/C16H20ClN3O/c1-10-14(17)11(2)20(19-10)13-8-6-12(7-9-13)15(21)18-16(3,4)5/h6-9H,1-5H3,(H,18,21). The summed E-state index contributed by atoms with van der Waals surface area (Å²) in [5, 5.41) is 8.01. The highest BCUT2D eigenvalue weighted by Gasteiger charge is 2.16. The minimum atomic E-state index is -0.251. The van der Waals surface area contributed by atoms with E-state index >= 15 is 0 Å². The molecule has 1 N–H and O–H groups in total. The first-order valence-electron chi connectivity index (χ1n) is 6.84. The van der Waals surface area contributed by atoms with Crippen molar-refractivity contribution in [3.8, 4) is 5.69 Å². The second-order valence-corrected chi connectivity index (χ2v) is 6.53. The zero-order valence-electron chi connectivity index (χ0n) is 13.0. The first-order valence-corrected chi connectivity index (χ1v) is 7.21. The Morgan fingerprint density at radius 2 is 1.76 bits per heavy atom. The average molecular weight is 306 g/mol. The minimum absolute atomic E-state index is 0.0829. The Kier molecular flexibility index (Phi) is 4.10. The van der Waals surface area contributed by atoms with Crippen molar-refractivity contribution < 1.29 is 4.79 Å². The molecule has 0 bridgehead atoms. The molecule has 0 unspecified atom stereocenters. The monoisotopic (exact) mass is 305 g/mol. The fourth-order valence-corrected chi connectivity index (χ4v) is 2.16. The zero-order chi connectivity index (χ0) is 15.8. The third kappa shape index (κ3) is 3.45. The number of hydrogen-bond donors (Lipinski definition) is 1. The lowest BCUT2D eigenvalue weighted by Crippen LogP contribution is -2.40. The molecule has 0 saturated carbocycles. The average Bonchev–Trinajstić information content (AvgIpc) is 2.65. The van der Waals surface area contributed by atoms with Gasteiger partial charge in [-0.25, -0.2) is 4.68 Å². The SMILES string of the molecule is Cc1nn(-c2ccc(C(=O)NC(C)(C)C)cc2)c(C)c1Cl. The van der Waals surface area contributed by atoms with Crippen molar-refractivity contribution in [1.82, 2.24) is 15.1 Å². The van der Waals surface area contributed by atoms with Crippen molar-refractivity contribution in [3.63, 3.8) is 0 Å². The van der Waals surface area contributed by atoms with E-state index in [0.29, 0.717) is 10.6 Å². The molecular formula is C16H20ClN3O. The third-order valence-corrected chi connectivity index (χ3v) is 3.61. The molecule has 1 amide bonds. The number of hydrogen-bond acceptors (Lipinski definition) is 2. The Bertz CT molecular complexity index is 666. The molecule has 1 aromatic carbocycles. The molecule has 4 nitrogen and oxygen atoms in total. The molecule has 0 saturated heterocycles. The maximum absolute atomic E-state index is 12.1. The van der Waals surface area contributed by atoms with Crippen molar-refractivity contribution in [3.05, 3.63) is 46.2 Å². The molecule has 2 aromatic rings. The van der Waals surface area contributed by atoms with Crippen molar-refractivity contribution in [2.24, 2.45) is 0 Å². The molecule has 112 valence electrons. The van der Waals surface area contributed by atoms with Crippen LogP contribution in [0.15, 0.2) is 24.3 Å². The Morgan fingerprint density at radius 1 is 1.19 bits per heavy atom. The van der Waals surface area contributed by atoms with Crippen molar-refractivity contribution in [1.29, 1.82) is 0 Å². The number of nitrogens with zero attached hydrogens (tertiary/aromatic N) is 2. The van der Waals surface area contributed by atoms with Crippen molar-refractivity contribution in [2.45, 2.75) is 40.2 Å². The van der Waals surface area contributed by atoms with Gasteiger partial charge in [-0.1, -0.05) is 11.6 Å². The molecule has 5 heteroatoms. The summed E-state index contributed by atoms with van der Waals surface area (Å²) in [6, 6.07) is 7.32. The summed E-state index contributed by atoms with van der Waals surface area (Å²) < 4.78 is 1.78. The van der Waals surface area contributed by atoms with E-state index in [1.807, 2.05) is 46.8 Å². The highest BCUT2D eigenvalue weighted by Crippen LogP contribution is 2.22. The van der Waals surface area contributed by atoms with Crippen LogP contribution in [0.3, 0.4) is 0 Å². The molecule has 0 aliphatic heterocycles. The molecular weight excluding hydrogens is 286 g/mol. The van der Waals surface area contributed by atoms with Gasteiger partial charge in [-0.05, 0) is 58.9 Å². The van der Waals surface area contributed by atoms with E-state index in [1.54, 1.807) is 16.8 Å². The third-order valence-electron chi connectivity index (χ3n) is 3.07. The van der Waals surface area contributed by atoms with Gasteiger partial charge in [0.2, 0.25) is 0 Å². The predicted molar refractivity (Wildman–Crippen MR) is 85.3 cm³/mol. The summed E-state index contributed by atoms with van der Waals surface area (Å²) in [6.45, 7) is 9.66. The first-order chi connectivity index (χ1) is 9.69. The van der Waals surface area contributed by atoms with Crippen LogP contribution in [0.2, 0.25) is 5.02 Å². The van der Waals surface area contributed by atoms with Gasteiger partial charge < -0.3 is 5.32 Å². The van der Waals surface area contributed by atoms with Crippen LogP contribution < -0.4 is 5.32 Å². The maximum Gasteiger partial charge on any atom is 0.251 e. The van der Waals surface area contributed by atoms with Gasteiger partial charge >= 0.3 is 0 Å². The predicted octanol–water partition coefficient (Wildman–Crippen LogP) is 3.67. The first kappa shape index (κ1) is 15.6. The molecule has 21 heavy (non-hydrogen) atoms. The number of carbonyl (C=O) groups is 1. The summed E-state index contributed by atoms with van der Waals surface area (Å²) in [5.74, 6) is -0.0829. The fourth-order valence-electron chi connectivity index (χ4n) is 2.04. The number of aryl methyl sites for hydroxylation is 1. The summed E-state index contributed by atoms with van der Waals surface area (Å²) in [4.78, 5) is 12.1. The van der Waals surface area contributed by atoms with Crippen LogP contribution in [0.1, 0.15) is 42.5 Å². The molecule has 1 aromatic heterocycles. The second kappa shape index (κ2) is 5.53. The Hall–Kier alpha value is -1.81. The van der Waals surface area contributed by atoms with Crippen LogP contribution in [0.5, 0.6) is 0 Å². The van der Waals surface area contributed by atoms with Crippen LogP contribution in [0.25, 0.3) is 5.69 Å². The minimum Gasteiger partial charge on any atom is -0.347 e. The van der Waals surface area contributed by atoms with Gasteiger partial charge in [0, 0.05) is 11.1 Å². The van der Waals surface area contributed by atoms with Gasteiger partial charge in [0.1, 0.15) is 0 Å². The zero-order valence-corrected chi connectivity index (χ0v) is 13.7. The van der Waals surface area contributed by atoms with Crippen LogP contribution >= 0.6 is 11.6 Å². The van der Waals surface area contributed by atoms with Crippen molar-refractivity contribution in [2.75, 3.05) is 0 Å². The molecule has 1 heterocycles. The smallest absolute Gasteiger partial charge is 0.251 e. The number of carbonyl (C=O) groups excluding carboxylic acids is 1. The maximum atomic E-state index is 12.1. The Labute approximate surface area is 130 Å². The molecule has 0 radical (unpaired) electrons. The summed E-state index contributed by atoms with van der Waals surface area (Å²) in [7, 11) is 0. The number of benzene rings is 1. The topological polar surface area (TPSA) is 46.9 Å². The lowest BCUT2D eigenvalue weighted by atomic mass is 10.1. The van der Waals surface area contributed by atoms with E-state index in [1.165, 1.54) is 0 Å². The van der Waals surface area contributed by atoms with Crippen LogP contribution in [0, 0.1) is 13.8 Å². The summed E-state index contributed by atoms with van der Waals surface area (Å²) in [6.07, 6.45) is 0. The Balaban J connectivity index is 2.27. The number of rotatable bonds is 2. The van der Waals surface area contributed by atoms with Gasteiger partial charge in [-0.15, -0.1) is 0 Å². The van der Waals surface area contributed by atoms with E-state index < -0.39 is 0 Å². The normalized spacial score (nSPS) is 11.5. The summed E-state index contributed by atoms with van der Waals surface area (Å²) >= 11 is 6.16. The van der Waals surface area contributed by atoms with E-state index in [4.69, 9.17) is 11.6 Å². The van der Waals surface area contributed by atoms with Gasteiger partial charge in [0.05, 0.1) is 22.1 Å². The molecule has 2 rings (SSSR count). The van der Waals surface area contributed by atoms with E-state index in [-0.39, 0.29) is 11.4 Å². The highest BCUT2D eigenvalue weighted by atomic mass is 35.5. The van der Waals surface area contributed by atoms with Crippen LogP contribution in [-0.2, 0) is 0 Å². The molecule has 0 atom stereocenters. The van der Waals surface area contributed by atoms with Gasteiger partial charge in [0.25, 0.3) is 5.91 Å². The number of aromatic nitrogens is 2. The molecule has 0 spiro atoms. The van der Waals surface area contributed by atoms with E-state index in [2.05, 4.69) is 10.4 Å².